The Morgan fingerprint density at radius 3 is 2.41 bits per heavy atom. The lowest BCUT2D eigenvalue weighted by Crippen LogP contribution is -2.32. The van der Waals surface area contributed by atoms with Crippen molar-refractivity contribution in [3.8, 4) is 5.88 Å². The van der Waals surface area contributed by atoms with Crippen molar-refractivity contribution < 1.29 is 47.2 Å². The summed E-state index contributed by atoms with van der Waals surface area (Å²) in [5.41, 5.74) is 13.8. The summed E-state index contributed by atoms with van der Waals surface area (Å²) < 4.78 is 54.0. The van der Waals surface area contributed by atoms with Crippen molar-refractivity contribution in [3.05, 3.63) is 94.2 Å². The van der Waals surface area contributed by atoms with E-state index in [0.29, 0.717) is 61.1 Å². The van der Waals surface area contributed by atoms with Crippen LogP contribution in [0.15, 0.2) is 66.7 Å². The van der Waals surface area contributed by atoms with Crippen molar-refractivity contribution in [2.45, 2.75) is 50.4 Å². The average Bonchev–Trinajstić information content (AvgIpc) is 3.10. The van der Waals surface area contributed by atoms with E-state index in [1.54, 1.807) is 30.3 Å². The van der Waals surface area contributed by atoms with Crippen LogP contribution in [0.3, 0.4) is 0 Å². The number of carbonyl (C=O) groups excluding carboxylic acids is 1. The first-order valence-corrected chi connectivity index (χ1v) is 16.3. The number of amides is 1. The fraction of sp³-hybridized carbons (Fsp3) is 0.343. The summed E-state index contributed by atoms with van der Waals surface area (Å²) >= 11 is 6.13. The maximum absolute atomic E-state index is 14.4. The summed E-state index contributed by atoms with van der Waals surface area (Å²) in [6.45, 7) is 0.299. The summed E-state index contributed by atoms with van der Waals surface area (Å²) in [5.74, 6) is -2.95. The molecule has 0 fully saturated rings. The molecule has 0 spiro atoms. The van der Waals surface area contributed by atoms with Crippen LogP contribution in [0.4, 0.5) is 19.1 Å². The van der Waals surface area contributed by atoms with Gasteiger partial charge in [0.15, 0.2) is 0 Å². The highest BCUT2D eigenvalue weighted by atomic mass is 35.5. The number of carbonyl (C=O) groups is 3. The van der Waals surface area contributed by atoms with Gasteiger partial charge in [0, 0.05) is 22.2 Å². The molecule has 2 aliphatic rings. The number of nitrogens with two attached hydrogens (primary N) is 2. The van der Waals surface area contributed by atoms with Crippen molar-refractivity contribution >= 4 is 46.5 Å². The predicted molar refractivity (Wildman–Crippen MR) is 183 cm³/mol. The van der Waals surface area contributed by atoms with Crippen molar-refractivity contribution in [3.63, 3.8) is 0 Å². The number of nitrogens with zero attached hydrogens (tertiary/aromatic N) is 2. The molecule has 16 heteroatoms. The van der Waals surface area contributed by atoms with Gasteiger partial charge in [-0.15, -0.1) is 0 Å². The van der Waals surface area contributed by atoms with E-state index in [-0.39, 0.29) is 47.4 Å². The third-order valence-electron chi connectivity index (χ3n) is 8.00. The molecule has 12 nitrogen and oxygen atoms in total. The van der Waals surface area contributed by atoms with E-state index >= 15 is 0 Å². The normalized spacial score (nSPS) is 17.1. The zero-order chi connectivity index (χ0) is 37.1. The molecule has 1 aromatic heterocycles. The number of nitrogen functional groups attached to an aromatic ring is 1. The van der Waals surface area contributed by atoms with Gasteiger partial charge in [0.05, 0.1) is 18.9 Å². The zero-order valence-corrected chi connectivity index (χ0v) is 28.0. The molecule has 1 amide bonds. The smallest absolute Gasteiger partial charge is 0.429 e. The highest BCUT2D eigenvalue weighted by Gasteiger charge is 2.45. The molecule has 0 saturated heterocycles. The second-order valence-electron chi connectivity index (χ2n) is 11.8. The van der Waals surface area contributed by atoms with Crippen molar-refractivity contribution in [1.29, 1.82) is 0 Å². The minimum absolute atomic E-state index is 0.0794. The number of allylic oxidation sites excluding steroid dienone is 2. The molecule has 1 unspecified atom stereocenters. The molecule has 5 rings (SSSR count). The number of alkyl halides is 3. The second kappa shape index (κ2) is 17.8. The third-order valence-corrected chi connectivity index (χ3v) is 8.23. The van der Waals surface area contributed by atoms with E-state index in [2.05, 4.69) is 15.3 Å². The van der Waals surface area contributed by atoms with Crippen LogP contribution in [-0.2, 0) is 14.3 Å². The molecule has 7 N–H and O–H groups in total. The number of hydrogen-bond acceptors (Lipinski definition) is 9. The standard InChI is InChI=1S/C26H28ClF3N4O4.C9H9NO3/c27-17-7-8-18(19(11-17)16-2-1-9-37-13-16)23(26(28,29)30)38-22-12-21(33-25(32)34-22)15-5-3-14(4-6-15)10-20(31)24(35)36;11-8(12)6-10-9(13)7-4-2-1-3-5-7/h2,5,7-8,11-12,14,20,23H,1,3-4,6,9-10,13,31H2,(H,35,36)(H2,32,33,34);1-5H,6H2,(H,10,13)(H,11,12)/t14?,20-,23+;/m0./s1. The van der Waals surface area contributed by atoms with Crippen LogP contribution in [-0.4, -0.2) is 70.0 Å². The number of hydrogen-bond donors (Lipinski definition) is 5. The number of carboxylic acids is 2. The molecule has 51 heavy (non-hydrogen) atoms. The second-order valence-corrected chi connectivity index (χ2v) is 12.2. The number of ether oxygens (including phenoxy) is 2. The Morgan fingerprint density at radius 1 is 1.06 bits per heavy atom. The minimum Gasteiger partial charge on any atom is -0.480 e. The number of rotatable bonds is 11. The van der Waals surface area contributed by atoms with Gasteiger partial charge in [-0.3, -0.25) is 14.4 Å². The SMILES string of the molecule is Nc1nc(O[C@H](c2ccc(Cl)cc2C2=CCCOC2)C(F)(F)F)cc(C2=CCC(C[C@H](N)C(=O)O)CC2)n1.O=C(O)CNC(=O)c1ccccc1. The molecule has 3 atom stereocenters. The van der Waals surface area contributed by atoms with Gasteiger partial charge in [0.2, 0.25) is 17.9 Å². The van der Waals surface area contributed by atoms with Gasteiger partial charge in [-0.2, -0.15) is 18.2 Å². The molecular formula is C35H37ClF3N5O7. The lowest BCUT2D eigenvalue weighted by Gasteiger charge is -2.26. The highest BCUT2D eigenvalue weighted by molar-refractivity contribution is 6.30. The summed E-state index contributed by atoms with van der Waals surface area (Å²) in [5, 5.41) is 19.9. The molecule has 0 radical (unpaired) electrons. The molecule has 0 saturated carbocycles. The zero-order valence-electron chi connectivity index (χ0n) is 27.2. The molecular weight excluding hydrogens is 695 g/mol. The van der Waals surface area contributed by atoms with Crippen LogP contribution in [0.1, 0.15) is 65.4 Å². The van der Waals surface area contributed by atoms with Gasteiger partial charge in [0.1, 0.15) is 12.6 Å². The highest BCUT2D eigenvalue weighted by Crippen LogP contribution is 2.41. The molecule has 1 aliphatic carbocycles. The maximum atomic E-state index is 14.4. The predicted octanol–water partition coefficient (Wildman–Crippen LogP) is 5.68. The van der Waals surface area contributed by atoms with Gasteiger partial charge in [-0.1, -0.05) is 48.0 Å². The van der Waals surface area contributed by atoms with E-state index in [9.17, 15) is 27.6 Å². The third kappa shape index (κ3) is 11.5. The van der Waals surface area contributed by atoms with Crippen LogP contribution in [0.25, 0.3) is 11.1 Å². The number of carboxylic acid groups (broad SMARTS) is 2. The van der Waals surface area contributed by atoms with Crippen molar-refractivity contribution in [2.75, 3.05) is 25.5 Å². The number of nitrogens with one attached hydrogen (secondary N) is 1. The number of benzene rings is 2. The Bertz CT molecular complexity index is 1770. The summed E-state index contributed by atoms with van der Waals surface area (Å²) in [6.07, 6.45) is -0.760. The first kappa shape index (κ1) is 38.8. The van der Waals surface area contributed by atoms with Crippen LogP contribution in [0.5, 0.6) is 5.88 Å². The van der Waals surface area contributed by atoms with Crippen LogP contribution < -0.4 is 21.5 Å². The molecule has 3 aromatic rings. The van der Waals surface area contributed by atoms with Crippen LogP contribution >= 0.6 is 11.6 Å². The number of aromatic nitrogens is 2. The number of anilines is 1. The molecule has 2 aromatic carbocycles. The summed E-state index contributed by atoms with van der Waals surface area (Å²) in [6, 6.07) is 13.0. The van der Waals surface area contributed by atoms with Crippen LogP contribution in [0.2, 0.25) is 5.02 Å². The monoisotopic (exact) mass is 731 g/mol. The van der Waals surface area contributed by atoms with E-state index in [0.717, 1.165) is 5.57 Å². The Balaban J connectivity index is 0.000000378. The first-order chi connectivity index (χ1) is 24.2. The van der Waals surface area contributed by atoms with Gasteiger partial charge in [-0.25, -0.2) is 4.98 Å². The molecule has 2 heterocycles. The first-order valence-electron chi connectivity index (χ1n) is 15.9. The fourth-order valence-corrected chi connectivity index (χ4v) is 5.69. The number of aliphatic carboxylic acids is 2. The van der Waals surface area contributed by atoms with E-state index < -0.39 is 30.3 Å². The van der Waals surface area contributed by atoms with E-state index in [1.165, 1.54) is 24.3 Å². The van der Waals surface area contributed by atoms with E-state index in [1.807, 2.05) is 12.2 Å². The summed E-state index contributed by atoms with van der Waals surface area (Å²) in [7, 11) is 0. The topological polar surface area (TPSA) is 200 Å². The lowest BCUT2D eigenvalue weighted by molar-refractivity contribution is -0.198. The Kier molecular flexibility index (Phi) is 13.5. The fourth-order valence-electron chi connectivity index (χ4n) is 5.52. The van der Waals surface area contributed by atoms with Gasteiger partial charge < -0.3 is 36.5 Å². The van der Waals surface area contributed by atoms with Gasteiger partial charge >= 0.3 is 18.1 Å². The Morgan fingerprint density at radius 2 is 1.80 bits per heavy atom. The summed E-state index contributed by atoms with van der Waals surface area (Å²) in [4.78, 5) is 40.4. The van der Waals surface area contributed by atoms with Gasteiger partial charge in [0.25, 0.3) is 5.91 Å². The van der Waals surface area contributed by atoms with Crippen LogP contribution in [0, 0.1) is 5.92 Å². The Labute approximate surface area is 296 Å². The van der Waals surface area contributed by atoms with Crippen molar-refractivity contribution in [2.24, 2.45) is 11.7 Å². The van der Waals surface area contributed by atoms with Crippen molar-refractivity contribution in [1.82, 2.24) is 15.3 Å². The lowest BCUT2D eigenvalue weighted by atomic mass is 9.84. The average molecular weight is 732 g/mol. The maximum Gasteiger partial charge on any atom is 0.429 e. The van der Waals surface area contributed by atoms with E-state index in [4.69, 9.17) is 42.8 Å². The molecule has 272 valence electrons. The molecule has 0 bridgehead atoms. The molecule has 1 aliphatic heterocycles. The van der Waals surface area contributed by atoms with Gasteiger partial charge in [-0.05, 0) is 79.0 Å². The number of halogens is 4. The largest absolute Gasteiger partial charge is 0.480 e. The minimum atomic E-state index is -4.78. The Hall–Kier alpha value is -4.99. The quantitative estimate of drug-likeness (QED) is 0.162.